The van der Waals surface area contributed by atoms with Gasteiger partial charge in [0.2, 0.25) is 0 Å². The summed E-state index contributed by atoms with van der Waals surface area (Å²) in [6.07, 6.45) is 1.05. The Morgan fingerprint density at radius 3 is 2.41 bits per heavy atom. The number of anilines is 1. The van der Waals surface area contributed by atoms with Gasteiger partial charge in [-0.1, -0.05) is 45.0 Å². The molecule has 0 amide bonds. The lowest BCUT2D eigenvalue weighted by molar-refractivity contribution is 0.812. The molecule has 3 nitrogen and oxygen atoms in total. The third kappa shape index (κ3) is 2.18. The lowest BCUT2D eigenvalue weighted by atomic mass is 9.98. The Morgan fingerprint density at radius 1 is 1.24 bits per heavy atom. The fourth-order valence-corrected chi connectivity index (χ4v) is 2.00. The lowest BCUT2D eigenvalue weighted by Gasteiger charge is -2.07. The summed E-state index contributed by atoms with van der Waals surface area (Å²) in [5.74, 6) is 0.971. The van der Waals surface area contributed by atoms with Crippen molar-refractivity contribution in [2.45, 2.75) is 33.1 Å². The number of nitrogens with two attached hydrogens (primary N) is 1. The van der Waals surface area contributed by atoms with Gasteiger partial charge in [-0.15, -0.1) is 0 Å². The number of H-pyrrole nitrogens is 1. The maximum atomic E-state index is 5.94. The number of hydrogen-bond donors (Lipinski definition) is 2. The van der Waals surface area contributed by atoms with Crippen molar-refractivity contribution >= 4 is 5.82 Å². The van der Waals surface area contributed by atoms with Crippen LogP contribution in [-0.4, -0.2) is 10.2 Å². The van der Waals surface area contributed by atoms with Crippen molar-refractivity contribution in [3.05, 3.63) is 35.5 Å². The van der Waals surface area contributed by atoms with Crippen LogP contribution in [0.3, 0.4) is 0 Å². The molecule has 0 spiro atoms. The van der Waals surface area contributed by atoms with E-state index < -0.39 is 0 Å². The number of nitrogens with zero attached hydrogens (tertiary/aromatic N) is 1. The molecule has 1 aromatic heterocycles. The van der Waals surface area contributed by atoms with Crippen LogP contribution in [0.2, 0.25) is 0 Å². The van der Waals surface area contributed by atoms with Gasteiger partial charge in [-0.25, -0.2) is 0 Å². The summed E-state index contributed by atoms with van der Waals surface area (Å²) in [5.41, 5.74) is 10.6. The molecule has 0 saturated heterocycles. The van der Waals surface area contributed by atoms with E-state index in [9.17, 15) is 0 Å². The van der Waals surface area contributed by atoms with Gasteiger partial charge in [0, 0.05) is 11.3 Å². The molecule has 3 N–H and O–H groups in total. The molecule has 0 aliphatic rings. The van der Waals surface area contributed by atoms with Crippen LogP contribution in [0.1, 0.15) is 37.9 Å². The molecular formula is C14H19N3. The van der Waals surface area contributed by atoms with Crippen LogP contribution < -0.4 is 5.73 Å². The molecule has 3 heteroatoms. The lowest BCUT2D eigenvalue weighted by Crippen LogP contribution is -1.93. The average molecular weight is 229 g/mol. The smallest absolute Gasteiger partial charge is 0.153 e. The first-order valence-corrected chi connectivity index (χ1v) is 6.06. The number of rotatable bonds is 3. The minimum Gasteiger partial charge on any atom is -0.382 e. The molecular weight excluding hydrogens is 210 g/mol. The molecule has 1 heterocycles. The Morgan fingerprint density at radius 2 is 1.88 bits per heavy atom. The molecule has 1 aromatic carbocycles. The largest absolute Gasteiger partial charge is 0.382 e. The number of aromatic nitrogens is 2. The van der Waals surface area contributed by atoms with Gasteiger partial charge in [0.1, 0.15) is 0 Å². The zero-order valence-corrected chi connectivity index (χ0v) is 10.6. The van der Waals surface area contributed by atoms with Gasteiger partial charge in [-0.2, -0.15) is 5.10 Å². The number of aryl methyl sites for hydroxylation is 1. The second-order valence-electron chi connectivity index (χ2n) is 4.60. The molecule has 0 atom stereocenters. The highest BCUT2D eigenvalue weighted by molar-refractivity contribution is 5.76. The van der Waals surface area contributed by atoms with Gasteiger partial charge in [-0.05, 0) is 23.5 Å². The summed E-state index contributed by atoms with van der Waals surface area (Å²) < 4.78 is 0. The maximum absolute atomic E-state index is 5.94. The minimum absolute atomic E-state index is 0.389. The van der Waals surface area contributed by atoms with Crippen LogP contribution in [-0.2, 0) is 6.42 Å². The highest BCUT2D eigenvalue weighted by atomic mass is 15.2. The van der Waals surface area contributed by atoms with E-state index >= 15 is 0 Å². The topological polar surface area (TPSA) is 54.7 Å². The van der Waals surface area contributed by atoms with Crippen molar-refractivity contribution in [1.29, 1.82) is 0 Å². The second kappa shape index (κ2) is 4.62. The molecule has 0 bridgehead atoms. The van der Waals surface area contributed by atoms with Gasteiger partial charge in [0.25, 0.3) is 0 Å². The summed E-state index contributed by atoms with van der Waals surface area (Å²) in [5, 5.41) is 7.14. The second-order valence-corrected chi connectivity index (χ2v) is 4.60. The van der Waals surface area contributed by atoms with E-state index in [0.29, 0.717) is 11.7 Å². The Balaban J connectivity index is 2.48. The van der Waals surface area contributed by atoms with Crippen molar-refractivity contribution in [1.82, 2.24) is 10.2 Å². The Bertz CT molecular complexity index is 495. The van der Waals surface area contributed by atoms with E-state index in [1.165, 1.54) is 5.56 Å². The van der Waals surface area contributed by atoms with Crippen molar-refractivity contribution in [2.75, 3.05) is 5.73 Å². The van der Waals surface area contributed by atoms with Gasteiger partial charge >= 0.3 is 0 Å². The monoisotopic (exact) mass is 229 g/mol. The quantitative estimate of drug-likeness (QED) is 0.848. The highest BCUT2D eigenvalue weighted by Gasteiger charge is 2.15. The Hall–Kier alpha value is -1.77. The predicted octanol–water partition coefficient (Wildman–Crippen LogP) is 3.34. The maximum Gasteiger partial charge on any atom is 0.153 e. The van der Waals surface area contributed by atoms with Gasteiger partial charge in [-0.3, -0.25) is 5.10 Å². The van der Waals surface area contributed by atoms with Crippen LogP contribution in [0.15, 0.2) is 24.3 Å². The van der Waals surface area contributed by atoms with E-state index in [4.69, 9.17) is 5.73 Å². The zero-order valence-electron chi connectivity index (χ0n) is 10.6. The molecule has 0 saturated carbocycles. The summed E-state index contributed by atoms with van der Waals surface area (Å²) in [4.78, 5) is 0. The Kier molecular flexibility index (Phi) is 3.18. The van der Waals surface area contributed by atoms with Crippen LogP contribution in [0.4, 0.5) is 5.82 Å². The van der Waals surface area contributed by atoms with E-state index in [1.807, 2.05) is 0 Å². The van der Waals surface area contributed by atoms with Crippen molar-refractivity contribution in [3.8, 4) is 11.1 Å². The normalized spacial score (nSPS) is 11.1. The van der Waals surface area contributed by atoms with Gasteiger partial charge < -0.3 is 5.73 Å². The highest BCUT2D eigenvalue weighted by Crippen LogP contribution is 2.32. The minimum atomic E-state index is 0.389. The number of benzene rings is 1. The summed E-state index contributed by atoms with van der Waals surface area (Å²) >= 11 is 0. The third-order valence-corrected chi connectivity index (χ3v) is 3.05. The molecule has 0 unspecified atom stereocenters. The SMILES string of the molecule is CCc1ccc(-c2c(N)n[nH]c2C(C)C)cc1. The van der Waals surface area contributed by atoms with Crippen molar-refractivity contribution in [3.63, 3.8) is 0 Å². The molecule has 0 aliphatic heterocycles. The van der Waals surface area contributed by atoms with E-state index in [0.717, 1.165) is 23.2 Å². The average Bonchev–Trinajstić information content (AvgIpc) is 2.71. The van der Waals surface area contributed by atoms with Crippen molar-refractivity contribution in [2.24, 2.45) is 0 Å². The number of nitrogen functional groups attached to an aromatic ring is 1. The molecule has 0 aliphatic carbocycles. The van der Waals surface area contributed by atoms with Crippen LogP contribution in [0, 0.1) is 0 Å². The first kappa shape index (κ1) is 11.7. The number of nitrogens with one attached hydrogen (secondary N) is 1. The predicted molar refractivity (Wildman–Crippen MR) is 71.9 cm³/mol. The first-order valence-electron chi connectivity index (χ1n) is 6.06. The van der Waals surface area contributed by atoms with Crippen LogP contribution in [0.25, 0.3) is 11.1 Å². The van der Waals surface area contributed by atoms with Gasteiger partial charge in [0.15, 0.2) is 5.82 Å². The molecule has 2 aromatic rings. The van der Waals surface area contributed by atoms with Crippen molar-refractivity contribution < 1.29 is 0 Å². The number of aromatic amines is 1. The summed E-state index contributed by atoms with van der Waals surface area (Å²) in [6.45, 7) is 6.43. The fourth-order valence-electron chi connectivity index (χ4n) is 2.00. The van der Waals surface area contributed by atoms with E-state index in [1.54, 1.807) is 0 Å². The zero-order chi connectivity index (χ0) is 12.4. The summed E-state index contributed by atoms with van der Waals surface area (Å²) in [6, 6.07) is 8.52. The first-order chi connectivity index (χ1) is 8.13. The van der Waals surface area contributed by atoms with Crippen LogP contribution in [0.5, 0.6) is 0 Å². The van der Waals surface area contributed by atoms with Crippen LogP contribution >= 0.6 is 0 Å². The Labute approximate surface area is 102 Å². The molecule has 2 rings (SSSR count). The molecule has 90 valence electrons. The fraction of sp³-hybridized carbons (Fsp3) is 0.357. The van der Waals surface area contributed by atoms with E-state index in [2.05, 4.69) is 55.2 Å². The summed E-state index contributed by atoms with van der Waals surface area (Å²) in [7, 11) is 0. The third-order valence-electron chi connectivity index (χ3n) is 3.05. The van der Waals surface area contributed by atoms with E-state index in [-0.39, 0.29) is 0 Å². The standard InChI is InChI=1S/C14H19N3/c1-4-10-5-7-11(8-6-10)12-13(9(2)3)16-17-14(12)15/h5-9H,4H2,1-3H3,(H3,15,16,17). The number of hydrogen-bond acceptors (Lipinski definition) is 2. The molecule has 0 fully saturated rings. The molecule has 0 radical (unpaired) electrons. The van der Waals surface area contributed by atoms with Gasteiger partial charge in [0.05, 0.1) is 0 Å². The molecule has 17 heavy (non-hydrogen) atoms.